The quantitative estimate of drug-likeness (QED) is 0.925. The lowest BCUT2D eigenvalue weighted by Crippen LogP contribution is -2.57. The van der Waals surface area contributed by atoms with Crippen molar-refractivity contribution in [1.29, 1.82) is 0 Å². The minimum Gasteiger partial charge on any atom is -0.349 e. The Labute approximate surface area is 126 Å². The van der Waals surface area contributed by atoms with Gasteiger partial charge >= 0.3 is 0 Å². The summed E-state index contributed by atoms with van der Waals surface area (Å²) in [7, 11) is 0. The van der Waals surface area contributed by atoms with Crippen LogP contribution in [0.1, 0.15) is 55.3 Å². The standard InChI is InChI=1S/C18H24N2O/c21-18(13-5-2-1-3-6-13)19-14-11-16-7-4-8-17(12-14)20(16)15-9-10-15/h1-3,5-6,14-17H,4,7-12H2,(H,19,21)/t16-,17-/m0/s1. The molecular weight excluding hydrogens is 260 g/mol. The number of carbonyl (C=O) groups excluding carboxylic acids is 1. The molecule has 2 heterocycles. The number of rotatable bonds is 3. The van der Waals surface area contributed by atoms with Crippen LogP contribution in [0.5, 0.6) is 0 Å². The van der Waals surface area contributed by atoms with Crippen molar-refractivity contribution in [3.63, 3.8) is 0 Å². The molecule has 4 rings (SSSR count). The molecule has 1 saturated carbocycles. The summed E-state index contributed by atoms with van der Waals surface area (Å²) in [6.45, 7) is 0. The third-order valence-electron chi connectivity index (χ3n) is 5.37. The average Bonchev–Trinajstić information content (AvgIpc) is 3.32. The van der Waals surface area contributed by atoms with Gasteiger partial charge in [0, 0.05) is 29.7 Å². The van der Waals surface area contributed by atoms with Gasteiger partial charge in [-0.1, -0.05) is 24.6 Å². The van der Waals surface area contributed by atoms with Crippen LogP contribution in [0.2, 0.25) is 0 Å². The topological polar surface area (TPSA) is 32.3 Å². The van der Waals surface area contributed by atoms with E-state index in [4.69, 9.17) is 0 Å². The number of amides is 1. The van der Waals surface area contributed by atoms with Crippen molar-refractivity contribution in [3.8, 4) is 0 Å². The van der Waals surface area contributed by atoms with Crippen LogP contribution in [0.4, 0.5) is 0 Å². The van der Waals surface area contributed by atoms with Crippen molar-refractivity contribution < 1.29 is 4.79 Å². The molecule has 1 aromatic carbocycles. The van der Waals surface area contributed by atoms with E-state index in [1.165, 1.54) is 32.1 Å². The fraction of sp³-hybridized carbons (Fsp3) is 0.611. The molecule has 1 amide bonds. The lowest BCUT2D eigenvalue weighted by Gasteiger charge is -2.49. The molecule has 3 nitrogen and oxygen atoms in total. The van der Waals surface area contributed by atoms with E-state index in [0.717, 1.165) is 24.4 Å². The summed E-state index contributed by atoms with van der Waals surface area (Å²) in [5.41, 5.74) is 0.785. The van der Waals surface area contributed by atoms with Crippen molar-refractivity contribution in [3.05, 3.63) is 35.9 Å². The number of benzene rings is 1. The Balaban J connectivity index is 1.42. The second kappa shape index (κ2) is 5.45. The van der Waals surface area contributed by atoms with Crippen LogP contribution < -0.4 is 5.32 Å². The molecule has 1 aliphatic carbocycles. The first-order valence-electron chi connectivity index (χ1n) is 8.44. The maximum absolute atomic E-state index is 12.3. The average molecular weight is 284 g/mol. The Morgan fingerprint density at radius 1 is 0.952 bits per heavy atom. The molecule has 2 atom stereocenters. The molecule has 21 heavy (non-hydrogen) atoms. The molecular formula is C18H24N2O. The van der Waals surface area contributed by atoms with Crippen LogP contribution in [-0.4, -0.2) is 35.0 Å². The molecule has 3 aliphatic rings. The number of carbonyl (C=O) groups is 1. The number of fused-ring (bicyclic) bond motifs is 2. The van der Waals surface area contributed by atoms with E-state index in [1.54, 1.807) is 0 Å². The first kappa shape index (κ1) is 13.3. The molecule has 0 unspecified atom stereocenters. The van der Waals surface area contributed by atoms with E-state index in [0.29, 0.717) is 18.1 Å². The molecule has 1 N–H and O–H groups in total. The van der Waals surface area contributed by atoms with Gasteiger partial charge < -0.3 is 5.32 Å². The summed E-state index contributed by atoms with van der Waals surface area (Å²) in [6, 6.07) is 12.3. The third kappa shape index (κ3) is 2.71. The molecule has 2 bridgehead atoms. The number of nitrogens with zero attached hydrogens (tertiary/aromatic N) is 1. The second-order valence-corrected chi connectivity index (χ2v) is 6.92. The largest absolute Gasteiger partial charge is 0.349 e. The minimum absolute atomic E-state index is 0.0959. The first-order chi connectivity index (χ1) is 10.3. The van der Waals surface area contributed by atoms with Gasteiger partial charge in [0.1, 0.15) is 0 Å². The van der Waals surface area contributed by atoms with Crippen molar-refractivity contribution in [2.24, 2.45) is 0 Å². The Bertz CT molecular complexity index is 497. The number of nitrogens with one attached hydrogen (secondary N) is 1. The lowest BCUT2D eigenvalue weighted by atomic mass is 9.81. The second-order valence-electron chi connectivity index (χ2n) is 6.92. The van der Waals surface area contributed by atoms with Crippen molar-refractivity contribution >= 4 is 5.91 Å². The Hall–Kier alpha value is -1.35. The molecule has 3 fully saturated rings. The zero-order valence-electron chi connectivity index (χ0n) is 12.5. The van der Waals surface area contributed by atoms with Gasteiger partial charge in [0.2, 0.25) is 0 Å². The van der Waals surface area contributed by atoms with Gasteiger partial charge in [-0.2, -0.15) is 0 Å². The first-order valence-corrected chi connectivity index (χ1v) is 8.44. The maximum Gasteiger partial charge on any atom is 0.251 e. The predicted octanol–water partition coefficient (Wildman–Crippen LogP) is 2.96. The summed E-state index contributed by atoms with van der Waals surface area (Å²) in [5, 5.41) is 3.28. The third-order valence-corrected chi connectivity index (χ3v) is 5.37. The van der Waals surface area contributed by atoms with Gasteiger partial charge in [-0.25, -0.2) is 0 Å². The lowest BCUT2D eigenvalue weighted by molar-refractivity contribution is 0.0175. The van der Waals surface area contributed by atoms with Gasteiger partial charge in [0.25, 0.3) is 5.91 Å². The molecule has 112 valence electrons. The highest BCUT2D eigenvalue weighted by Crippen LogP contribution is 2.41. The highest BCUT2D eigenvalue weighted by atomic mass is 16.1. The zero-order chi connectivity index (χ0) is 14.2. The summed E-state index contributed by atoms with van der Waals surface area (Å²) in [6.07, 6.45) is 9.10. The van der Waals surface area contributed by atoms with Crippen molar-refractivity contribution in [2.75, 3.05) is 0 Å². The van der Waals surface area contributed by atoms with E-state index >= 15 is 0 Å². The van der Waals surface area contributed by atoms with Crippen LogP contribution in [0, 0.1) is 0 Å². The number of hydrogen-bond acceptors (Lipinski definition) is 2. The molecule has 0 spiro atoms. The van der Waals surface area contributed by atoms with Gasteiger partial charge in [-0.05, 0) is 50.7 Å². The highest BCUT2D eigenvalue weighted by molar-refractivity contribution is 5.94. The van der Waals surface area contributed by atoms with E-state index in [2.05, 4.69) is 10.2 Å². The molecule has 1 aromatic rings. The van der Waals surface area contributed by atoms with Crippen LogP contribution in [0.3, 0.4) is 0 Å². The molecule has 2 saturated heterocycles. The number of hydrogen-bond donors (Lipinski definition) is 1. The molecule has 3 heteroatoms. The van der Waals surface area contributed by atoms with E-state index in [-0.39, 0.29) is 5.91 Å². The van der Waals surface area contributed by atoms with Crippen molar-refractivity contribution in [2.45, 2.75) is 69.1 Å². The predicted molar refractivity (Wildman–Crippen MR) is 83.2 cm³/mol. The highest BCUT2D eigenvalue weighted by Gasteiger charge is 2.45. The summed E-state index contributed by atoms with van der Waals surface area (Å²) >= 11 is 0. The molecule has 2 aliphatic heterocycles. The fourth-order valence-corrected chi connectivity index (χ4v) is 4.36. The van der Waals surface area contributed by atoms with Gasteiger partial charge in [-0.3, -0.25) is 9.69 Å². The van der Waals surface area contributed by atoms with Crippen LogP contribution in [0.25, 0.3) is 0 Å². The van der Waals surface area contributed by atoms with Crippen LogP contribution in [0.15, 0.2) is 30.3 Å². The van der Waals surface area contributed by atoms with E-state index in [9.17, 15) is 4.79 Å². The fourth-order valence-electron chi connectivity index (χ4n) is 4.36. The Morgan fingerprint density at radius 2 is 1.62 bits per heavy atom. The normalized spacial score (nSPS) is 32.7. The monoisotopic (exact) mass is 284 g/mol. The zero-order valence-corrected chi connectivity index (χ0v) is 12.5. The SMILES string of the molecule is O=C(NC1C[C@@H]2CCC[C@@H](C1)N2C1CC1)c1ccccc1. The van der Waals surface area contributed by atoms with Gasteiger partial charge in [0.05, 0.1) is 0 Å². The summed E-state index contributed by atoms with van der Waals surface area (Å²) in [4.78, 5) is 15.1. The van der Waals surface area contributed by atoms with Crippen molar-refractivity contribution in [1.82, 2.24) is 10.2 Å². The van der Waals surface area contributed by atoms with E-state index in [1.807, 2.05) is 30.3 Å². The van der Waals surface area contributed by atoms with E-state index < -0.39 is 0 Å². The van der Waals surface area contributed by atoms with Crippen LogP contribution in [-0.2, 0) is 0 Å². The Morgan fingerprint density at radius 3 is 2.24 bits per heavy atom. The Kier molecular flexibility index (Phi) is 3.46. The molecule has 0 radical (unpaired) electrons. The van der Waals surface area contributed by atoms with Crippen LogP contribution >= 0.6 is 0 Å². The number of piperidine rings is 2. The summed E-state index contributed by atoms with van der Waals surface area (Å²) < 4.78 is 0. The van der Waals surface area contributed by atoms with Gasteiger partial charge in [0.15, 0.2) is 0 Å². The maximum atomic E-state index is 12.3. The molecule has 0 aromatic heterocycles. The smallest absolute Gasteiger partial charge is 0.251 e. The summed E-state index contributed by atoms with van der Waals surface area (Å²) in [5.74, 6) is 0.0959. The van der Waals surface area contributed by atoms with Gasteiger partial charge in [-0.15, -0.1) is 0 Å². The minimum atomic E-state index is 0.0959.